The van der Waals surface area contributed by atoms with Crippen LogP contribution in [0.25, 0.3) is 0 Å². The lowest BCUT2D eigenvalue weighted by Crippen LogP contribution is -2.67. The van der Waals surface area contributed by atoms with Crippen LogP contribution in [0.3, 0.4) is 0 Å². The first-order valence-electron chi connectivity index (χ1n) is 10.8. The zero-order valence-electron chi connectivity index (χ0n) is 17.4. The molecule has 6 heteroatoms. The highest BCUT2D eigenvalue weighted by Crippen LogP contribution is 2.45. The normalized spacial score (nSPS) is 25.0. The van der Waals surface area contributed by atoms with Gasteiger partial charge in [-0.15, -0.1) is 0 Å². The highest BCUT2D eigenvalue weighted by Gasteiger charge is 2.63. The first-order valence-corrected chi connectivity index (χ1v) is 10.8. The first-order chi connectivity index (χ1) is 14.7. The van der Waals surface area contributed by atoms with Crippen LogP contribution in [0.2, 0.25) is 0 Å². The molecular weight excluding hydrogens is 378 g/mol. The minimum atomic E-state index is -0.188. The maximum absolute atomic E-state index is 12.9. The molecule has 158 valence electrons. The summed E-state index contributed by atoms with van der Waals surface area (Å²) in [7, 11) is 1.67. The van der Waals surface area contributed by atoms with E-state index in [9.17, 15) is 4.79 Å². The molecule has 30 heavy (non-hydrogen) atoms. The van der Waals surface area contributed by atoms with E-state index in [1.807, 2.05) is 12.1 Å². The SMILES string of the molecule is COc1ccc(CCN2C(=O)NC3OC3C23CCN(Cc2ccccc2)CC3)cc1. The minimum absolute atomic E-state index is 0.0128. The lowest BCUT2D eigenvalue weighted by molar-refractivity contribution is 0.0202. The molecule has 3 heterocycles. The van der Waals surface area contributed by atoms with Gasteiger partial charge in [-0.1, -0.05) is 42.5 Å². The molecule has 3 saturated heterocycles. The third-order valence-corrected chi connectivity index (χ3v) is 6.82. The third-order valence-electron chi connectivity index (χ3n) is 6.82. The van der Waals surface area contributed by atoms with Gasteiger partial charge in [-0.05, 0) is 42.5 Å². The Hall–Kier alpha value is -2.57. The number of carbonyl (C=O) groups excluding carboxylic acids is 1. The second kappa shape index (κ2) is 7.93. The van der Waals surface area contributed by atoms with Crippen molar-refractivity contribution < 1.29 is 14.3 Å². The number of benzene rings is 2. The quantitative estimate of drug-likeness (QED) is 0.748. The van der Waals surface area contributed by atoms with Crippen LogP contribution in [-0.2, 0) is 17.7 Å². The number of piperidine rings is 1. The number of nitrogens with zero attached hydrogens (tertiary/aromatic N) is 2. The van der Waals surface area contributed by atoms with Gasteiger partial charge in [-0.3, -0.25) is 4.90 Å². The van der Waals surface area contributed by atoms with Gasteiger partial charge in [0.2, 0.25) is 0 Å². The largest absolute Gasteiger partial charge is 0.497 e. The number of likely N-dealkylation sites (tertiary alicyclic amines) is 1. The van der Waals surface area contributed by atoms with Gasteiger partial charge < -0.3 is 19.7 Å². The number of urea groups is 1. The summed E-state index contributed by atoms with van der Waals surface area (Å²) in [6, 6.07) is 18.7. The van der Waals surface area contributed by atoms with Crippen LogP contribution in [0.4, 0.5) is 4.79 Å². The molecule has 2 aromatic carbocycles. The molecule has 2 atom stereocenters. The van der Waals surface area contributed by atoms with Gasteiger partial charge in [-0.2, -0.15) is 0 Å². The van der Waals surface area contributed by atoms with E-state index < -0.39 is 0 Å². The maximum Gasteiger partial charge on any atom is 0.320 e. The predicted octanol–water partition coefficient (Wildman–Crippen LogP) is 3.02. The molecule has 0 aliphatic carbocycles. The van der Waals surface area contributed by atoms with Gasteiger partial charge in [-0.25, -0.2) is 4.79 Å². The summed E-state index contributed by atoms with van der Waals surface area (Å²) in [6.45, 7) is 3.62. The third kappa shape index (κ3) is 3.66. The van der Waals surface area contributed by atoms with Crippen molar-refractivity contribution in [3.05, 3.63) is 65.7 Å². The Balaban J connectivity index is 1.26. The topological polar surface area (TPSA) is 57.3 Å². The number of nitrogens with one attached hydrogen (secondary N) is 1. The molecule has 0 saturated carbocycles. The summed E-state index contributed by atoms with van der Waals surface area (Å²) < 4.78 is 11.1. The van der Waals surface area contributed by atoms with Crippen LogP contribution in [0.15, 0.2) is 54.6 Å². The Morgan fingerprint density at radius 2 is 1.80 bits per heavy atom. The molecule has 1 spiro atoms. The zero-order valence-corrected chi connectivity index (χ0v) is 17.4. The van der Waals surface area contributed by atoms with Crippen molar-refractivity contribution >= 4 is 6.03 Å². The zero-order chi connectivity index (χ0) is 20.6. The van der Waals surface area contributed by atoms with Gasteiger partial charge in [0, 0.05) is 26.2 Å². The molecule has 2 aromatic rings. The molecule has 2 amide bonds. The molecule has 0 bridgehead atoms. The molecule has 6 nitrogen and oxygen atoms in total. The van der Waals surface area contributed by atoms with Crippen molar-refractivity contribution in [2.24, 2.45) is 0 Å². The summed E-state index contributed by atoms with van der Waals surface area (Å²) >= 11 is 0. The minimum Gasteiger partial charge on any atom is -0.497 e. The van der Waals surface area contributed by atoms with Gasteiger partial charge >= 0.3 is 6.03 Å². The average Bonchev–Trinajstić information content (AvgIpc) is 3.56. The van der Waals surface area contributed by atoms with E-state index in [0.29, 0.717) is 6.54 Å². The Labute approximate surface area is 177 Å². The number of ether oxygens (including phenoxy) is 2. The highest BCUT2D eigenvalue weighted by atomic mass is 16.6. The van der Waals surface area contributed by atoms with Crippen LogP contribution >= 0.6 is 0 Å². The van der Waals surface area contributed by atoms with E-state index >= 15 is 0 Å². The Bertz CT molecular complexity index is 878. The molecule has 1 N–H and O–H groups in total. The summed E-state index contributed by atoms with van der Waals surface area (Å²) in [5.74, 6) is 0.853. The van der Waals surface area contributed by atoms with Gasteiger partial charge in [0.15, 0.2) is 6.23 Å². The van der Waals surface area contributed by atoms with Gasteiger partial charge in [0.25, 0.3) is 0 Å². The second-order valence-electron chi connectivity index (χ2n) is 8.54. The number of fused-ring (bicyclic) bond motifs is 2. The van der Waals surface area contributed by atoms with Crippen molar-refractivity contribution in [2.75, 3.05) is 26.7 Å². The summed E-state index contributed by atoms with van der Waals surface area (Å²) in [5.41, 5.74) is 2.36. The molecular formula is C24H29N3O3. The molecule has 3 aliphatic rings. The molecule has 0 aromatic heterocycles. The average molecular weight is 408 g/mol. The van der Waals surface area contributed by atoms with Gasteiger partial charge in [0.1, 0.15) is 11.9 Å². The van der Waals surface area contributed by atoms with E-state index in [2.05, 4.69) is 57.6 Å². The second-order valence-corrected chi connectivity index (χ2v) is 8.54. The number of hydrogen-bond acceptors (Lipinski definition) is 4. The fourth-order valence-corrected chi connectivity index (χ4v) is 5.04. The highest BCUT2D eigenvalue weighted by molar-refractivity contribution is 5.77. The number of carbonyl (C=O) groups is 1. The van der Waals surface area contributed by atoms with E-state index in [-0.39, 0.29) is 23.9 Å². The van der Waals surface area contributed by atoms with Crippen molar-refractivity contribution in [2.45, 2.75) is 43.7 Å². The fraction of sp³-hybridized carbons (Fsp3) is 0.458. The monoisotopic (exact) mass is 407 g/mol. The van der Waals surface area contributed by atoms with E-state index in [1.54, 1.807) is 7.11 Å². The standard InChI is InChI=1S/C24H29N3O3/c1-29-20-9-7-18(8-10-20)11-14-27-23(28)25-22-21(30-22)24(27)12-15-26(16-13-24)17-19-5-3-2-4-6-19/h2-10,21-22H,11-17H2,1H3,(H,25,28). The van der Waals surface area contributed by atoms with Crippen molar-refractivity contribution in [1.82, 2.24) is 15.1 Å². The summed E-state index contributed by atoms with van der Waals surface area (Å²) in [4.78, 5) is 17.5. The van der Waals surface area contributed by atoms with E-state index in [0.717, 1.165) is 44.6 Å². The van der Waals surface area contributed by atoms with Crippen LogP contribution < -0.4 is 10.1 Å². The maximum atomic E-state index is 12.9. The molecule has 5 rings (SSSR count). The molecule has 3 aliphatic heterocycles. The number of epoxide rings is 1. The first kappa shape index (κ1) is 19.4. The van der Waals surface area contributed by atoms with Gasteiger partial charge in [0.05, 0.1) is 12.6 Å². The molecule has 3 fully saturated rings. The number of amides is 2. The number of hydrogen-bond donors (Lipinski definition) is 1. The van der Waals surface area contributed by atoms with E-state index in [1.165, 1.54) is 11.1 Å². The number of rotatable bonds is 6. The van der Waals surface area contributed by atoms with Crippen LogP contribution in [0.1, 0.15) is 24.0 Å². The smallest absolute Gasteiger partial charge is 0.320 e. The Kier molecular flexibility index (Phi) is 5.13. The summed E-state index contributed by atoms with van der Waals surface area (Å²) in [5, 5.41) is 3.01. The van der Waals surface area contributed by atoms with Crippen LogP contribution in [0.5, 0.6) is 5.75 Å². The van der Waals surface area contributed by atoms with Crippen molar-refractivity contribution in [3.8, 4) is 5.75 Å². The number of methoxy groups -OCH3 is 1. The van der Waals surface area contributed by atoms with Crippen molar-refractivity contribution in [3.63, 3.8) is 0 Å². The predicted molar refractivity (Wildman–Crippen MR) is 114 cm³/mol. The van der Waals surface area contributed by atoms with E-state index in [4.69, 9.17) is 9.47 Å². The lowest BCUT2D eigenvalue weighted by atomic mass is 9.80. The van der Waals surface area contributed by atoms with Crippen LogP contribution in [0, 0.1) is 0 Å². The van der Waals surface area contributed by atoms with Crippen molar-refractivity contribution in [1.29, 1.82) is 0 Å². The molecule has 2 unspecified atom stereocenters. The summed E-state index contributed by atoms with van der Waals surface area (Å²) in [6.07, 6.45) is 2.75. The Morgan fingerprint density at radius 1 is 1.07 bits per heavy atom. The fourth-order valence-electron chi connectivity index (χ4n) is 5.04. The molecule has 0 radical (unpaired) electrons. The Morgan fingerprint density at radius 3 is 2.50 bits per heavy atom. The lowest BCUT2D eigenvalue weighted by Gasteiger charge is -2.49. The van der Waals surface area contributed by atoms with Crippen LogP contribution in [-0.4, -0.2) is 60.4 Å².